The summed E-state index contributed by atoms with van der Waals surface area (Å²) in [5.41, 5.74) is 4.56. The Hall–Kier alpha value is -1.40. The maximum absolute atomic E-state index is 8.12. The van der Waals surface area contributed by atoms with E-state index in [2.05, 4.69) is 25.1 Å². The van der Waals surface area contributed by atoms with Crippen molar-refractivity contribution in [2.24, 2.45) is 0 Å². The second-order valence-electron chi connectivity index (χ2n) is 3.21. The van der Waals surface area contributed by atoms with Crippen LogP contribution in [0.2, 0.25) is 0 Å². The molecule has 0 fully saturated rings. The van der Waals surface area contributed by atoms with Crippen molar-refractivity contribution >= 4 is 6.15 Å². The summed E-state index contributed by atoms with van der Waals surface area (Å²) < 4.78 is 0. The molecule has 0 aromatic heterocycles. The molecule has 68 valence electrons. The van der Waals surface area contributed by atoms with Crippen LogP contribution in [0, 0.1) is 6.92 Å². The van der Waals surface area contributed by atoms with Crippen LogP contribution in [0.4, 0.5) is 0 Å². The lowest BCUT2D eigenvalue weighted by Crippen LogP contribution is -1.81. The van der Waals surface area contributed by atoms with Crippen LogP contribution in [0.5, 0.6) is 0 Å². The molecule has 0 spiro atoms. The van der Waals surface area contributed by atoms with Crippen molar-refractivity contribution < 1.29 is 9.59 Å². The van der Waals surface area contributed by atoms with Crippen LogP contribution in [0.15, 0.2) is 18.2 Å². The molecule has 2 heteroatoms. The van der Waals surface area contributed by atoms with E-state index in [1.807, 2.05) is 0 Å². The first-order valence-corrected chi connectivity index (χ1v) is 4.35. The molecule has 0 atom stereocenters. The second-order valence-corrected chi connectivity index (χ2v) is 3.21. The van der Waals surface area contributed by atoms with Crippen molar-refractivity contribution in [1.82, 2.24) is 0 Å². The van der Waals surface area contributed by atoms with Gasteiger partial charge in [-0.1, -0.05) is 23.8 Å². The SMILES string of the molecule is Cc1ccc2c(c1)CCC2.O=C=O. The van der Waals surface area contributed by atoms with Gasteiger partial charge >= 0.3 is 6.15 Å². The van der Waals surface area contributed by atoms with E-state index in [0.29, 0.717) is 0 Å². The molecule has 0 aliphatic heterocycles. The number of aryl methyl sites for hydroxylation is 3. The van der Waals surface area contributed by atoms with Crippen molar-refractivity contribution in [3.8, 4) is 0 Å². The highest BCUT2D eigenvalue weighted by molar-refractivity contribution is 5.34. The van der Waals surface area contributed by atoms with Gasteiger partial charge in [0.25, 0.3) is 0 Å². The highest BCUT2D eigenvalue weighted by atomic mass is 16.2. The number of benzene rings is 1. The zero-order chi connectivity index (χ0) is 9.68. The molecule has 0 amide bonds. The lowest BCUT2D eigenvalue weighted by atomic mass is 10.1. The quantitative estimate of drug-likeness (QED) is 0.605. The Kier molecular flexibility index (Phi) is 3.41. The van der Waals surface area contributed by atoms with Gasteiger partial charge in [-0.3, -0.25) is 0 Å². The highest BCUT2D eigenvalue weighted by Gasteiger charge is 2.08. The van der Waals surface area contributed by atoms with E-state index in [-0.39, 0.29) is 6.15 Å². The third-order valence-electron chi connectivity index (χ3n) is 2.25. The van der Waals surface area contributed by atoms with Gasteiger partial charge in [0, 0.05) is 0 Å². The summed E-state index contributed by atoms with van der Waals surface area (Å²) in [7, 11) is 0. The van der Waals surface area contributed by atoms with Gasteiger partial charge in [-0.2, -0.15) is 9.59 Å². The summed E-state index contributed by atoms with van der Waals surface area (Å²) in [6.45, 7) is 2.17. The molecule has 0 saturated heterocycles. The van der Waals surface area contributed by atoms with Gasteiger partial charge in [0.05, 0.1) is 0 Å². The minimum Gasteiger partial charge on any atom is -0.186 e. The Morgan fingerprint density at radius 3 is 2.46 bits per heavy atom. The third-order valence-corrected chi connectivity index (χ3v) is 2.25. The normalized spacial score (nSPS) is 12.4. The van der Waals surface area contributed by atoms with E-state index in [1.54, 1.807) is 11.1 Å². The summed E-state index contributed by atoms with van der Waals surface area (Å²) in [6, 6.07) is 6.81. The fraction of sp³-hybridized carbons (Fsp3) is 0.364. The first kappa shape index (κ1) is 9.69. The molecule has 2 rings (SSSR count). The van der Waals surface area contributed by atoms with Gasteiger partial charge in [-0.25, -0.2) is 0 Å². The van der Waals surface area contributed by atoms with E-state index in [0.717, 1.165) is 0 Å². The van der Waals surface area contributed by atoms with Crippen molar-refractivity contribution in [3.05, 3.63) is 34.9 Å². The number of hydrogen-bond donors (Lipinski definition) is 0. The van der Waals surface area contributed by atoms with Crippen molar-refractivity contribution in [3.63, 3.8) is 0 Å². The molecule has 1 aliphatic carbocycles. The molecule has 0 N–H and O–H groups in total. The minimum atomic E-state index is 0.250. The fourth-order valence-corrected chi connectivity index (χ4v) is 1.70. The standard InChI is InChI=1S/C10H12.CO2/c1-8-5-6-9-3-2-4-10(9)7-8;2-1-3/h5-7H,2-4H2,1H3;. The first-order chi connectivity index (χ1) is 6.27. The molecule has 0 saturated carbocycles. The average Bonchev–Trinajstić information content (AvgIpc) is 2.52. The van der Waals surface area contributed by atoms with Crippen LogP contribution in [0.1, 0.15) is 23.1 Å². The van der Waals surface area contributed by atoms with E-state index in [9.17, 15) is 0 Å². The lowest BCUT2D eigenvalue weighted by Gasteiger charge is -1.98. The number of rotatable bonds is 0. The summed E-state index contributed by atoms with van der Waals surface area (Å²) in [6.07, 6.45) is 4.21. The molecule has 0 unspecified atom stereocenters. The van der Waals surface area contributed by atoms with E-state index < -0.39 is 0 Å². The van der Waals surface area contributed by atoms with Crippen LogP contribution in [-0.4, -0.2) is 6.15 Å². The van der Waals surface area contributed by atoms with E-state index in [1.165, 1.54) is 24.8 Å². The highest BCUT2D eigenvalue weighted by Crippen LogP contribution is 2.22. The topological polar surface area (TPSA) is 34.1 Å². The molecule has 0 heterocycles. The number of fused-ring (bicyclic) bond motifs is 1. The molecule has 13 heavy (non-hydrogen) atoms. The maximum Gasteiger partial charge on any atom is 0.373 e. The fourth-order valence-electron chi connectivity index (χ4n) is 1.70. The summed E-state index contributed by atoms with van der Waals surface area (Å²) >= 11 is 0. The molecule has 1 aliphatic rings. The smallest absolute Gasteiger partial charge is 0.186 e. The second kappa shape index (κ2) is 4.58. The Bertz CT molecular complexity index is 323. The molecular weight excluding hydrogens is 164 g/mol. The molecule has 1 aromatic rings. The Morgan fingerprint density at radius 2 is 1.77 bits per heavy atom. The van der Waals surface area contributed by atoms with Crippen molar-refractivity contribution in [2.75, 3.05) is 0 Å². The Balaban J connectivity index is 0.000000251. The Morgan fingerprint density at radius 1 is 1.15 bits per heavy atom. The third kappa shape index (κ3) is 2.53. The average molecular weight is 176 g/mol. The zero-order valence-electron chi connectivity index (χ0n) is 7.67. The van der Waals surface area contributed by atoms with Gasteiger partial charge in [-0.15, -0.1) is 0 Å². The van der Waals surface area contributed by atoms with E-state index in [4.69, 9.17) is 9.59 Å². The van der Waals surface area contributed by atoms with Crippen LogP contribution < -0.4 is 0 Å². The monoisotopic (exact) mass is 176 g/mol. The van der Waals surface area contributed by atoms with Gasteiger partial charge in [0.1, 0.15) is 0 Å². The lowest BCUT2D eigenvalue weighted by molar-refractivity contribution is -0.191. The van der Waals surface area contributed by atoms with Gasteiger partial charge < -0.3 is 0 Å². The van der Waals surface area contributed by atoms with E-state index >= 15 is 0 Å². The summed E-state index contributed by atoms with van der Waals surface area (Å²) in [5.74, 6) is 0. The van der Waals surface area contributed by atoms with Crippen molar-refractivity contribution in [2.45, 2.75) is 26.2 Å². The largest absolute Gasteiger partial charge is 0.373 e. The summed E-state index contributed by atoms with van der Waals surface area (Å²) in [4.78, 5) is 16.2. The van der Waals surface area contributed by atoms with Gasteiger partial charge in [0.15, 0.2) is 0 Å². The number of carbonyl (C=O) groups excluding carboxylic acids is 2. The van der Waals surface area contributed by atoms with Crippen LogP contribution in [-0.2, 0) is 22.4 Å². The molecular formula is C11H12O2. The van der Waals surface area contributed by atoms with Crippen LogP contribution >= 0.6 is 0 Å². The predicted octanol–water partition coefficient (Wildman–Crippen LogP) is 1.90. The molecule has 2 nitrogen and oxygen atoms in total. The Labute approximate surface area is 77.6 Å². The molecule has 0 radical (unpaired) electrons. The molecule has 0 bridgehead atoms. The number of hydrogen-bond acceptors (Lipinski definition) is 2. The minimum absolute atomic E-state index is 0.250. The summed E-state index contributed by atoms with van der Waals surface area (Å²) in [5, 5.41) is 0. The predicted molar refractivity (Wildman–Crippen MR) is 48.2 cm³/mol. The van der Waals surface area contributed by atoms with Crippen LogP contribution in [0.3, 0.4) is 0 Å². The van der Waals surface area contributed by atoms with Gasteiger partial charge in [0.2, 0.25) is 0 Å². The molecule has 1 aromatic carbocycles. The first-order valence-electron chi connectivity index (χ1n) is 4.35. The van der Waals surface area contributed by atoms with Crippen LogP contribution in [0.25, 0.3) is 0 Å². The van der Waals surface area contributed by atoms with Gasteiger partial charge in [-0.05, 0) is 37.3 Å². The zero-order valence-corrected chi connectivity index (χ0v) is 7.67. The van der Waals surface area contributed by atoms with Crippen molar-refractivity contribution in [1.29, 1.82) is 0 Å². The maximum atomic E-state index is 8.12.